The zero-order valence-electron chi connectivity index (χ0n) is 28.3. The first kappa shape index (κ1) is 34.9. The molecule has 3 amide bonds. The van der Waals surface area contributed by atoms with E-state index in [-0.39, 0.29) is 31.4 Å². The fraction of sp³-hybridized carbons (Fsp3) is 0.474. The number of benzene rings is 2. The molecule has 0 unspecified atom stereocenters. The lowest BCUT2D eigenvalue weighted by Crippen LogP contribution is -2.59. The summed E-state index contributed by atoms with van der Waals surface area (Å²) in [5.74, 6) is -3.99. The fourth-order valence-corrected chi connectivity index (χ4v) is 8.09. The van der Waals surface area contributed by atoms with Crippen LogP contribution in [-0.2, 0) is 28.7 Å². The Hall–Kier alpha value is -3.99. The minimum Gasteiger partial charge on any atom is -0.455 e. The summed E-state index contributed by atoms with van der Waals surface area (Å²) in [6, 6.07) is 13.7. The summed E-state index contributed by atoms with van der Waals surface area (Å²) in [7, 11) is 1.69. The van der Waals surface area contributed by atoms with E-state index in [1.165, 1.54) is 9.80 Å². The lowest BCUT2D eigenvalue weighted by atomic mass is 9.74. The lowest BCUT2D eigenvalue weighted by Gasteiger charge is -2.40. The number of esters is 1. The van der Waals surface area contributed by atoms with Crippen LogP contribution in [0.3, 0.4) is 0 Å². The van der Waals surface area contributed by atoms with Crippen LogP contribution in [0.5, 0.6) is 0 Å². The highest BCUT2D eigenvalue weighted by Gasteiger charge is 2.74. The average molecular weight is 690 g/mol. The smallest absolute Gasteiger partial charge is 0.313 e. The van der Waals surface area contributed by atoms with Crippen LogP contribution in [0.2, 0.25) is 5.02 Å². The summed E-state index contributed by atoms with van der Waals surface area (Å²) >= 11 is 6.68. The average Bonchev–Trinajstić information content (AvgIpc) is 3.76. The third-order valence-corrected chi connectivity index (χ3v) is 11.2. The number of para-hydroxylation sites is 1. The van der Waals surface area contributed by atoms with E-state index < -0.39 is 65.6 Å². The molecule has 5 bridgehead atoms. The molecule has 0 radical (unpaired) electrons. The molecule has 4 aliphatic rings. The minimum absolute atomic E-state index is 0.101. The van der Waals surface area contributed by atoms with Gasteiger partial charge in [0.2, 0.25) is 11.8 Å². The van der Waals surface area contributed by atoms with Crippen molar-refractivity contribution in [2.24, 2.45) is 17.8 Å². The molecular weight excluding hydrogens is 646 g/mol. The SMILES string of the molecule is CC[C@H](C)[C@H](CO)N1C(=O)[C@@H]2[C@H]3C(=O)O[C@@H](c4ccccc4)[C@H](C)N(C)C(=O)CC/C=C\CN(c4ccccc4Cl)C(=O)[C@@H]1[C@]21C=C[C@H]3O1. The summed E-state index contributed by atoms with van der Waals surface area (Å²) in [4.78, 5) is 62.2. The number of anilines is 1. The molecule has 10 nitrogen and oxygen atoms in total. The molecule has 9 atom stereocenters. The number of nitrogens with zero attached hydrogens (tertiary/aromatic N) is 3. The van der Waals surface area contributed by atoms with Gasteiger partial charge in [0, 0.05) is 20.0 Å². The summed E-state index contributed by atoms with van der Waals surface area (Å²) in [5, 5.41) is 11.1. The molecule has 2 saturated heterocycles. The van der Waals surface area contributed by atoms with Crippen LogP contribution >= 0.6 is 11.6 Å². The summed E-state index contributed by atoms with van der Waals surface area (Å²) in [5.41, 5.74) is -0.341. The predicted octanol–water partition coefficient (Wildman–Crippen LogP) is 4.71. The zero-order chi connectivity index (χ0) is 35.0. The maximum Gasteiger partial charge on any atom is 0.313 e. The van der Waals surface area contributed by atoms with E-state index in [1.807, 2.05) is 63.3 Å². The van der Waals surface area contributed by atoms with Crippen molar-refractivity contribution in [3.8, 4) is 0 Å². The van der Waals surface area contributed by atoms with E-state index >= 15 is 4.79 Å². The number of halogens is 1. The maximum atomic E-state index is 15.1. The Bertz CT molecular complexity index is 1650. The van der Waals surface area contributed by atoms with E-state index in [4.69, 9.17) is 21.1 Å². The van der Waals surface area contributed by atoms with Gasteiger partial charge in [0.25, 0.3) is 5.91 Å². The van der Waals surface area contributed by atoms with Gasteiger partial charge < -0.3 is 29.3 Å². The Morgan fingerprint density at radius 3 is 2.43 bits per heavy atom. The van der Waals surface area contributed by atoms with Crippen molar-refractivity contribution in [1.82, 2.24) is 9.80 Å². The van der Waals surface area contributed by atoms with Gasteiger partial charge in [-0.2, -0.15) is 0 Å². The molecule has 4 aliphatic heterocycles. The normalized spacial score (nSPS) is 32.3. The number of aliphatic hydroxyl groups is 1. The van der Waals surface area contributed by atoms with Crippen LogP contribution in [0.25, 0.3) is 0 Å². The van der Waals surface area contributed by atoms with Crippen molar-refractivity contribution in [1.29, 1.82) is 0 Å². The number of carbonyl (C=O) groups is 4. The maximum absolute atomic E-state index is 15.1. The number of cyclic esters (lactones) is 1. The van der Waals surface area contributed by atoms with Crippen LogP contribution in [-0.4, -0.2) is 88.6 Å². The molecule has 1 N–H and O–H groups in total. The number of ether oxygens (including phenoxy) is 2. The Morgan fingerprint density at radius 2 is 1.73 bits per heavy atom. The Balaban J connectivity index is 1.50. The van der Waals surface area contributed by atoms with E-state index in [0.717, 1.165) is 0 Å². The minimum atomic E-state index is -1.48. The standard InChI is InChI=1S/C38H44ClN3O7/c1-5-23(2)28(22-43)42-34-36(46)41(27-17-12-11-16-26(27)39)21-13-7-10-18-30(44)40(4)24(3)33(25-14-8-6-9-15-25)48-37(47)31-29-19-20-38(34,49-29)32(31)35(42)45/h6-9,11-17,19-20,23-24,28-29,31-34,43H,5,10,18,21-22H2,1-4H3/b13-7-/t23-,24-,28-,29+,31-,32-,33+,34+,38-/m0/s1. The number of likely N-dealkylation sites (N-methyl/N-ethyl adjacent to an activating group) is 1. The third-order valence-electron chi connectivity index (χ3n) is 10.9. The molecule has 0 aliphatic carbocycles. The highest BCUT2D eigenvalue weighted by atomic mass is 35.5. The number of likely N-dealkylation sites (tertiary alicyclic amines) is 1. The second kappa shape index (κ2) is 14.1. The highest BCUT2D eigenvalue weighted by molar-refractivity contribution is 6.34. The van der Waals surface area contributed by atoms with Gasteiger partial charge in [-0.25, -0.2) is 0 Å². The van der Waals surface area contributed by atoms with Gasteiger partial charge >= 0.3 is 5.97 Å². The van der Waals surface area contributed by atoms with Gasteiger partial charge in [-0.05, 0) is 37.0 Å². The highest BCUT2D eigenvalue weighted by Crippen LogP contribution is 2.57. The summed E-state index contributed by atoms with van der Waals surface area (Å²) in [6.07, 6.45) is 6.76. The first-order valence-electron chi connectivity index (χ1n) is 17.1. The van der Waals surface area contributed by atoms with Crippen LogP contribution in [0, 0.1) is 17.8 Å². The molecule has 49 heavy (non-hydrogen) atoms. The molecule has 4 heterocycles. The predicted molar refractivity (Wildman–Crippen MR) is 184 cm³/mol. The van der Waals surface area contributed by atoms with Crippen LogP contribution in [0.15, 0.2) is 78.9 Å². The van der Waals surface area contributed by atoms with Crippen LogP contribution in [0.4, 0.5) is 5.69 Å². The fourth-order valence-electron chi connectivity index (χ4n) is 7.86. The number of rotatable bonds is 6. The quantitative estimate of drug-likeness (QED) is 0.345. The van der Waals surface area contributed by atoms with Crippen molar-refractivity contribution in [3.63, 3.8) is 0 Å². The molecule has 11 heteroatoms. The van der Waals surface area contributed by atoms with Gasteiger partial charge in [0.05, 0.1) is 41.4 Å². The number of hydrogen-bond donors (Lipinski definition) is 1. The summed E-state index contributed by atoms with van der Waals surface area (Å²) in [6.45, 7) is 5.45. The van der Waals surface area contributed by atoms with Crippen molar-refractivity contribution in [2.45, 2.75) is 76.0 Å². The monoisotopic (exact) mass is 689 g/mol. The number of carbonyl (C=O) groups excluding carboxylic acids is 4. The van der Waals surface area contributed by atoms with Crippen molar-refractivity contribution < 1.29 is 33.8 Å². The number of amides is 3. The van der Waals surface area contributed by atoms with Crippen LogP contribution < -0.4 is 4.90 Å². The Morgan fingerprint density at radius 1 is 1.02 bits per heavy atom. The Labute approximate surface area is 292 Å². The largest absolute Gasteiger partial charge is 0.455 e. The second-order valence-corrected chi connectivity index (χ2v) is 13.9. The van der Waals surface area contributed by atoms with Gasteiger partial charge in [0.1, 0.15) is 23.7 Å². The van der Waals surface area contributed by atoms with Gasteiger partial charge in [-0.3, -0.25) is 19.2 Å². The molecule has 0 aromatic heterocycles. The lowest BCUT2D eigenvalue weighted by molar-refractivity contribution is -0.164. The van der Waals surface area contributed by atoms with E-state index in [0.29, 0.717) is 29.1 Å². The molecule has 1 spiro atoms. The van der Waals surface area contributed by atoms with Gasteiger partial charge in [-0.15, -0.1) is 0 Å². The molecule has 6 rings (SSSR count). The number of hydrogen-bond acceptors (Lipinski definition) is 7. The first-order valence-corrected chi connectivity index (χ1v) is 17.5. The zero-order valence-corrected chi connectivity index (χ0v) is 29.0. The molecular formula is C38H44ClN3O7. The number of allylic oxidation sites excluding steroid dienone is 1. The Kier molecular flexibility index (Phi) is 10.0. The molecule has 260 valence electrons. The number of aliphatic hydroxyl groups excluding tert-OH is 1. The van der Waals surface area contributed by atoms with Gasteiger partial charge in [0.15, 0.2) is 0 Å². The van der Waals surface area contributed by atoms with Crippen molar-refractivity contribution >= 4 is 41.0 Å². The van der Waals surface area contributed by atoms with Crippen molar-refractivity contribution in [3.05, 3.63) is 89.5 Å². The third kappa shape index (κ3) is 5.98. The first-order chi connectivity index (χ1) is 23.5. The molecule has 2 fully saturated rings. The second-order valence-electron chi connectivity index (χ2n) is 13.5. The van der Waals surface area contributed by atoms with Gasteiger partial charge in [-0.1, -0.05) is 98.6 Å². The van der Waals surface area contributed by atoms with Crippen molar-refractivity contribution in [2.75, 3.05) is 25.1 Å². The molecule has 0 saturated carbocycles. The number of fused-ring (bicyclic) bond motifs is 2. The van der Waals surface area contributed by atoms with Crippen LogP contribution in [0.1, 0.15) is 51.7 Å². The topological polar surface area (TPSA) is 117 Å². The van der Waals surface area contributed by atoms with E-state index in [9.17, 15) is 19.5 Å². The molecule has 2 aromatic carbocycles. The summed E-state index contributed by atoms with van der Waals surface area (Å²) < 4.78 is 12.9. The van der Waals surface area contributed by atoms with E-state index in [2.05, 4.69) is 0 Å². The van der Waals surface area contributed by atoms with E-state index in [1.54, 1.807) is 48.4 Å². The molecule has 2 aromatic rings.